The molecule has 2 atom stereocenters. The maximum absolute atomic E-state index is 13.7. The van der Waals surface area contributed by atoms with Crippen LogP contribution in [0.1, 0.15) is 38.7 Å². The van der Waals surface area contributed by atoms with Crippen LogP contribution in [0.25, 0.3) is 5.69 Å². The summed E-state index contributed by atoms with van der Waals surface area (Å²) in [4.78, 5) is 13.1. The van der Waals surface area contributed by atoms with Gasteiger partial charge in [0.15, 0.2) is 0 Å². The number of amides is 1. The fourth-order valence-corrected chi connectivity index (χ4v) is 4.60. The lowest BCUT2D eigenvalue weighted by Crippen LogP contribution is -2.47. The molecule has 0 fully saturated rings. The molecular weight excluding hydrogens is 415 g/mol. The van der Waals surface area contributed by atoms with Crippen molar-refractivity contribution in [1.29, 1.82) is 0 Å². The number of halogens is 1. The quantitative estimate of drug-likeness (QED) is 0.470. The van der Waals surface area contributed by atoms with E-state index in [1.807, 2.05) is 73.1 Å². The van der Waals surface area contributed by atoms with Gasteiger partial charge < -0.3 is 10.6 Å². The Hall–Kier alpha value is -3.93. The lowest BCUT2D eigenvalue weighted by Gasteiger charge is -2.34. The Balaban J connectivity index is 1.57. The number of hydrogen-bond acceptors (Lipinski definition) is 3. The Bertz CT molecular complexity index is 1300. The van der Waals surface area contributed by atoms with E-state index in [4.69, 9.17) is 5.10 Å². The van der Waals surface area contributed by atoms with Gasteiger partial charge in [-0.1, -0.05) is 48.0 Å². The fraction of sp³-hybridized carbons (Fsp3) is 0.185. The van der Waals surface area contributed by atoms with Gasteiger partial charge >= 0.3 is 0 Å². The first-order chi connectivity index (χ1) is 16.0. The summed E-state index contributed by atoms with van der Waals surface area (Å²) in [7, 11) is 0. The minimum absolute atomic E-state index is 0.130. The largest absolute Gasteiger partial charge is 0.368 e. The SMILES string of the molecule is Cc1cccc(C(=O)N[C@@H]2CNc3c(c(C)nn3-c3ccccc3)[C@@H]2c2ccc(F)cc2)c1. The molecule has 5 rings (SSSR count). The number of aryl methyl sites for hydroxylation is 2. The topological polar surface area (TPSA) is 59.0 Å². The van der Waals surface area contributed by atoms with Crippen LogP contribution in [-0.4, -0.2) is 28.3 Å². The van der Waals surface area contributed by atoms with Gasteiger partial charge in [0.25, 0.3) is 5.91 Å². The second kappa shape index (κ2) is 8.54. The maximum atomic E-state index is 13.7. The number of benzene rings is 3. The van der Waals surface area contributed by atoms with Gasteiger partial charge in [0.05, 0.1) is 17.4 Å². The highest BCUT2D eigenvalue weighted by atomic mass is 19.1. The molecule has 1 aliphatic heterocycles. The highest BCUT2D eigenvalue weighted by Crippen LogP contribution is 2.40. The Morgan fingerprint density at radius 3 is 2.52 bits per heavy atom. The van der Waals surface area contributed by atoms with Gasteiger partial charge in [-0.3, -0.25) is 4.79 Å². The van der Waals surface area contributed by atoms with E-state index in [1.54, 1.807) is 12.1 Å². The van der Waals surface area contributed by atoms with Crippen LogP contribution in [0.2, 0.25) is 0 Å². The highest BCUT2D eigenvalue weighted by molar-refractivity contribution is 5.94. The van der Waals surface area contributed by atoms with Gasteiger partial charge in [0.1, 0.15) is 11.6 Å². The van der Waals surface area contributed by atoms with Crippen molar-refractivity contribution in [3.63, 3.8) is 0 Å². The normalized spacial score (nSPS) is 17.2. The lowest BCUT2D eigenvalue weighted by molar-refractivity contribution is 0.0934. The standard InChI is InChI=1S/C27H25FN4O/c1-17-7-6-8-20(15-17)27(33)30-23-16-29-26-24(25(23)19-11-13-21(28)14-12-19)18(2)31-32(26)22-9-4-3-5-10-22/h3-15,23,25,29H,16H2,1-2H3,(H,30,33)/t23-,25-/m1/s1. The third-order valence-electron chi connectivity index (χ3n) is 6.14. The molecule has 0 unspecified atom stereocenters. The van der Waals surface area contributed by atoms with Crippen LogP contribution in [0.3, 0.4) is 0 Å². The minimum Gasteiger partial charge on any atom is -0.368 e. The molecule has 0 spiro atoms. The van der Waals surface area contributed by atoms with Gasteiger partial charge in [-0.25, -0.2) is 9.07 Å². The monoisotopic (exact) mass is 440 g/mol. The van der Waals surface area contributed by atoms with Crippen molar-refractivity contribution in [2.45, 2.75) is 25.8 Å². The molecule has 5 nitrogen and oxygen atoms in total. The predicted molar refractivity (Wildman–Crippen MR) is 127 cm³/mol. The third-order valence-corrected chi connectivity index (χ3v) is 6.14. The van der Waals surface area contributed by atoms with Crippen molar-refractivity contribution in [2.24, 2.45) is 0 Å². The number of aromatic nitrogens is 2. The van der Waals surface area contributed by atoms with Gasteiger partial charge in [-0.15, -0.1) is 0 Å². The number of carbonyl (C=O) groups is 1. The molecule has 3 aromatic carbocycles. The molecule has 0 saturated heterocycles. The van der Waals surface area contributed by atoms with E-state index in [0.717, 1.165) is 33.9 Å². The number of rotatable bonds is 4. The number of fused-ring (bicyclic) bond motifs is 1. The molecule has 1 aliphatic rings. The summed E-state index contributed by atoms with van der Waals surface area (Å²) in [5.74, 6) is 0.307. The minimum atomic E-state index is -0.287. The van der Waals surface area contributed by atoms with Crippen molar-refractivity contribution in [3.8, 4) is 5.69 Å². The van der Waals surface area contributed by atoms with E-state index in [2.05, 4.69) is 10.6 Å². The van der Waals surface area contributed by atoms with Crippen molar-refractivity contribution in [3.05, 3.63) is 113 Å². The van der Waals surface area contributed by atoms with Crippen molar-refractivity contribution in [1.82, 2.24) is 15.1 Å². The first-order valence-corrected chi connectivity index (χ1v) is 11.0. The zero-order chi connectivity index (χ0) is 22.9. The zero-order valence-corrected chi connectivity index (χ0v) is 18.5. The molecule has 2 N–H and O–H groups in total. The van der Waals surface area contributed by atoms with Crippen LogP contribution in [0.5, 0.6) is 0 Å². The first-order valence-electron chi connectivity index (χ1n) is 11.0. The number of hydrogen-bond donors (Lipinski definition) is 2. The average Bonchev–Trinajstić information content (AvgIpc) is 3.17. The molecule has 1 aromatic heterocycles. The predicted octanol–water partition coefficient (Wildman–Crippen LogP) is 4.98. The summed E-state index contributed by atoms with van der Waals surface area (Å²) in [6.45, 7) is 4.46. The Morgan fingerprint density at radius 1 is 1.03 bits per heavy atom. The van der Waals surface area contributed by atoms with E-state index in [1.165, 1.54) is 12.1 Å². The fourth-order valence-electron chi connectivity index (χ4n) is 4.60. The number of para-hydroxylation sites is 1. The van der Waals surface area contributed by atoms with E-state index in [9.17, 15) is 9.18 Å². The van der Waals surface area contributed by atoms with Crippen molar-refractivity contribution >= 4 is 11.7 Å². The van der Waals surface area contributed by atoms with Crippen LogP contribution in [-0.2, 0) is 0 Å². The molecule has 0 bridgehead atoms. The smallest absolute Gasteiger partial charge is 0.251 e. The summed E-state index contributed by atoms with van der Waals surface area (Å²) >= 11 is 0. The van der Waals surface area contributed by atoms with E-state index in [0.29, 0.717) is 12.1 Å². The molecule has 0 radical (unpaired) electrons. The summed E-state index contributed by atoms with van der Waals surface area (Å²) in [5.41, 5.74) is 5.41. The molecule has 0 saturated carbocycles. The number of nitrogens with zero attached hydrogens (tertiary/aromatic N) is 2. The van der Waals surface area contributed by atoms with E-state index in [-0.39, 0.29) is 23.7 Å². The van der Waals surface area contributed by atoms with Gasteiger partial charge in [-0.2, -0.15) is 5.10 Å². The average molecular weight is 441 g/mol. The summed E-state index contributed by atoms with van der Waals surface area (Å²) in [5, 5.41) is 11.5. The summed E-state index contributed by atoms with van der Waals surface area (Å²) in [6.07, 6.45) is 0. The van der Waals surface area contributed by atoms with Gasteiger partial charge in [0, 0.05) is 23.6 Å². The maximum Gasteiger partial charge on any atom is 0.251 e. The third kappa shape index (κ3) is 4.00. The molecule has 4 aromatic rings. The van der Waals surface area contributed by atoms with E-state index >= 15 is 0 Å². The second-order valence-corrected chi connectivity index (χ2v) is 8.45. The second-order valence-electron chi connectivity index (χ2n) is 8.45. The van der Waals surface area contributed by atoms with E-state index < -0.39 is 0 Å². The summed E-state index contributed by atoms with van der Waals surface area (Å²) < 4.78 is 15.6. The number of anilines is 1. The molecular formula is C27H25FN4O. The summed E-state index contributed by atoms with van der Waals surface area (Å²) in [6, 6.07) is 23.8. The van der Waals surface area contributed by atoms with Crippen molar-refractivity contribution in [2.75, 3.05) is 11.9 Å². The molecule has 33 heavy (non-hydrogen) atoms. The van der Waals surface area contributed by atoms with Crippen LogP contribution in [0.4, 0.5) is 10.2 Å². The zero-order valence-electron chi connectivity index (χ0n) is 18.5. The lowest BCUT2D eigenvalue weighted by atomic mass is 9.82. The molecule has 1 amide bonds. The highest BCUT2D eigenvalue weighted by Gasteiger charge is 2.36. The Morgan fingerprint density at radius 2 is 1.79 bits per heavy atom. The van der Waals surface area contributed by atoms with Crippen molar-refractivity contribution < 1.29 is 9.18 Å². The van der Waals surface area contributed by atoms with Crippen LogP contribution >= 0.6 is 0 Å². The Labute approximate surface area is 192 Å². The van der Waals surface area contributed by atoms with Gasteiger partial charge in [-0.05, 0) is 55.8 Å². The Kier molecular flexibility index (Phi) is 5.42. The molecule has 2 heterocycles. The van der Waals surface area contributed by atoms with Crippen LogP contribution in [0, 0.1) is 19.7 Å². The van der Waals surface area contributed by atoms with Gasteiger partial charge in [0.2, 0.25) is 0 Å². The molecule has 166 valence electrons. The van der Waals surface area contributed by atoms with Crippen LogP contribution in [0.15, 0.2) is 78.9 Å². The number of nitrogens with one attached hydrogen (secondary N) is 2. The van der Waals surface area contributed by atoms with Crippen LogP contribution < -0.4 is 10.6 Å². The first kappa shape index (κ1) is 20.9. The molecule has 0 aliphatic carbocycles. The molecule has 6 heteroatoms. The number of carbonyl (C=O) groups excluding carboxylic acids is 1.